The zero-order valence-corrected chi connectivity index (χ0v) is 13.1. The molecule has 4 heteroatoms. The molecule has 0 spiro atoms. The average molecular weight is 290 g/mol. The number of hydrogen-bond donors (Lipinski definition) is 2. The molecule has 0 bridgehead atoms. The molecule has 116 valence electrons. The zero-order chi connectivity index (χ0) is 15.1. The molecule has 1 aliphatic rings. The van der Waals surface area contributed by atoms with Gasteiger partial charge in [-0.2, -0.15) is 0 Å². The van der Waals surface area contributed by atoms with Crippen molar-refractivity contribution >= 4 is 5.91 Å². The van der Waals surface area contributed by atoms with Crippen LogP contribution in [0.15, 0.2) is 18.2 Å². The highest BCUT2D eigenvalue weighted by atomic mass is 16.5. The number of carbonyl (C=O) groups is 1. The molecule has 1 atom stereocenters. The Bertz CT molecular complexity index is 474. The number of benzene rings is 1. The minimum Gasteiger partial charge on any atom is -0.483 e. The normalized spacial score (nSPS) is 16.6. The molecule has 0 saturated heterocycles. The predicted molar refractivity (Wildman–Crippen MR) is 84.6 cm³/mol. The van der Waals surface area contributed by atoms with Crippen LogP contribution in [0.25, 0.3) is 0 Å². The van der Waals surface area contributed by atoms with Crippen molar-refractivity contribution in [2.24, 2.45) is 0 Å². The van der Waals surface area contributed by atoms with E-state index in [1.165, 1.54) is 11.1 Å². The van der Waals surface area contributed by atoms with Crippen molar-refractivity contribution in [3.63, 3.8) is 0 Å². The summed E-state index contributed by atoms with van der Waals surface area (Å²) in [6.45, 7) is 6.03. The van der Waals surface area contributed by atoms with Crippen LogP contribution in [0, 0.1) is 0 Å². The Balaban J connectivity index is 1.91. The van der Waals surface area contributed by atoms with Gasteiger partial charge in [0.05, 0.1) is 0 Å². The Morgan fingerprint density at radius 1 is 1.38 bits per heavy atom. The van der Waals surface area contributed by atoms with Crippen molar-refractivity contribution in [2.45, 2.75) is 45.6 Å². The molecule has 1 amide bonds. The fraction of sp³-hybridized carbons (Fsp3) is 0.588. The molecular formula is C17H26N2O2. The molecule has 1 aromatic rings. The van der Waals surface area contributed by atoms with Crippen molar-refractivity contribution in [2.75, 3.05) is 19.7 Å². The number of fused-ring (bicyclic) bond motifs is 1. The highest BCUT2D eigenvalue weighted by molar-refractivity contribution is 5.77. The largest absolute Gasteiger partial charge is 0.483 e. The lowest BCUT2D eigenvalue weighted by Crippen LogP contribution is -2.29. The Hall–Kier alpha value is -1.55. The van der Waals surface area contributed by atoms with E-state index in [-0.39, 0.29) is 12.5 Å². The fourth-order valence-electron chi connectivity index (χ4n) is 2.81. The van der Waals surface area contributed by atoms with E-state index in [9.17, 15) is 4.79 Å². The van der Waals surface area contributed by atoms with Gasteiger partial charge in [0.1, 0.15) is 5.75 Å². The molecule has 1 aliphatic carbocycles. The van der Waals surface area contributed by atoms with Crippen molar-refractivity contribution in [3.8, 4) is 5.75 Å². The second-order valence-electron chi connectivity index (χ2n) is 5.47. The molecule has 0 aromatic heterocycles. The van der Waals surface area contributed by atoms with Gasteiger partial charge in [0.25, 0.3) is 5.91 Å². The lowest BCUT2D eigenvalue weighted by Gasteiger charge is -2.14. The topological polar surface area (TPSA) is 50.4 Å². The molecule has 0 radical (unpaired) electrons. The summed E-state index contributed by atoms with van der Waals surface area (Å²) in [5.74, 6) is 0.820. The van der Waals surface area contributed by atoms with E-state index in [1.807, 2.05) is 12.1 Å². The maximum absolute atomic E-state index is 11.7. The average Bonchev–Trinajstić information content (AvgIpc) is 2.90. The second kappa shape index (κ2) is 8.03. The van der Waals surface area contributed by atoms with Crippen LogP contribution in [0.3, 0.4) is 0 Å². The van der Waals surface area contributed by atoms with Gasteiger partial charge in [-0.25, -0.2) is 0 Å². The molecule has 0 saturated carbocycles. The van der Waals surface area contributed by atoms with Crippen molar-refractivity contribution < 1.29 is 9.53 Å². The van der Waals surface area contributed by atoms with Gasteiger partial charge in [0.2, 0.25) is 0 Å². The van der Waals surface area contributed by atoms with Crippen LogP contribution >= 0.6 is 0 Å². The SMILES string of the molecule is CCCCNC(=O)COc1cccc2c1CCC2NCC. The number of ether oxygens (including phenoxy) is 1. The Labute approximate surface area is 127 Å². The first kappa shape index (κ1) is 15.8. The third-order valence-corrected chi connectivity index (χ3v) is 3.89. The third-order valence-electron chi connectivity index (χ3n) is 3.89. The van der Waals surface area contributed by atoms with E-state index in [0.717, 1.165) is 44.5 Å². The van der Waals surface area contributed by atoms with Crippen LogP contribution in [0.1, 0.15) is 50.3 Å². The highest BCUT2D eigenvalue weighted by Gasteiger charge is 2.24. The standard InChI is InChI=1S/C17H26N2O2/c1-3-5-11-19-17(20)12-21-16-8-6-7-13-14(16)9-10-15(13)18-4-2/h6-8,15,18H,3-5,9-12H2,1-2H3,(H,19,20). The maximum Gasteiger partial charge on any atom is 0.257 e. The summed E-state index contributed by atoms with van der Waals surface area (Å²) in [5.41, 5.74) is 2.57. The van der Waals surface area contributed by atoms with Crippen LogP contribution in [0.2, 0.25) is 0 Å². The first-order chi connectivity index (χ1) is 10.3. The Morgan fingerprint density at radius 3 is 3.00 bits per heavy atom. The molecular weight excluding hydrogens is 264 g/mol. The molecule has 1 aromatic carbocycles. The summed E-state index contributed by atoms with van der Waals surface area (Å²) in [6, 6.07) is 6.56. The lowest BCUT2D eigenvalue weighted by molar-refractivity contribution is -0.123. The van der Waals surface area contributed by atoms with Gasteiger partial charge in [0, 0.05) is 12.6 Å². The van der Waals surface area contributed by atoms with Crippen LogP contribution in [-0.4, -0.2) is 25.6 Å². The number of nitrogens with one attached hydrogen (secondary N) is 2. The fourth-order valence-corrected chi connectivity index (χ4v) is 2.81. The van der Waals surface area contributed by atoms with Gasteiger partial charge in [-0.1, -0.05) is 32.4 Å². The number of carbonyl (C=O) groups excluding carboxylic acids is 1. The smallest absolute Gasteiger partial charge is 0.257 e. The predicted octanol–water partition coefficient (Wildman–Crippen LogP) is 2.58. The molecule has 0 aliphatic heterocycles. The summed E-state index contributed by atoms with van der Waals surface area (Å²) in [6.07, 6.45) is 4.21. The van der Waals surface area contributed by atoms with Gasteiger partial charge >= 0.3 is 0 Å². The van der Waals surface area contributed by atoms with Crippen LogP contribution < -0.4 is 15.4 Å². The summed E-state index contributed by atoms with van der Waals surface area (Å²) in [4.78, 5) is 11.7. The quantitative estimate of drug-likeness (QED) is 0.724. The monoisotopic (exact) mass is 290 g/mol. The van der Waals surface area contributed by atoms with Gasteiger partial charge in [-0.05, 0) is 43.0 Å². The summed E-state index contributed by atoms with van der Waals surface area (Å²) in [7, 11) is 0. The summed E-state index contributed by atoms with van der Waals surface area (Å²) < 4.78 is 5.73. The van der Waals surface area contributed by atoms with E-state index >= 15 is 0 Å². The van der Waals surface area contributed by atoms with Crippen molar-refractivity contribution in [1.82, 2.24) is 10.6 Å². The molecule has 0 fully saturated rings. The van der Waals surface area contributed by atoms with Crippen LogP contribution in [0.5, 0.6) is 5.75 Å². The number of hydrogen-bond acceptors (Lipinski definition) is 3. The van der Waals surface area contributed by atoms with Gasteiger partial charge in [-0.3, -0.25) is 4.79 Å². The first-order valence-electron chi connectivity index (χ1n) is 8.00. The minimum absolute atomic E-state index is 0.0396. The second-order valence-corrected chi connectivity index (χ2v) is 5.47. The highest BCUT2D eigenvalue weighted by Crippen LogP contribution is 2.36. The zero-order valence-electron chi connectivity index (χ0n) is 13.1. The molecule has 2 N–H and O–H groups in total. The minimum atomic E-state index is -0.0396. The first-order valence-corrected chi connectivity index (χ1v) is 8.00. The molecule has 2 rings (SSSR count). The van der Waals surface area contributed by atoms with Gasteiger partial charge < -0.3 is 15.4 Å². The number of unbranched alkanes of at least 4 members (excludes halogenated alkanes) is 1. The van der Waals surface area contributed by atoms with E-state index in [1.54, 1.807) is 0 Å². The Morgan fingerprint density at radius 2 is 2.24 bits per heavy atom. The van der Waals surface area contributed by atoms with E-state index in [4.69, 9.17) is 4.74 Å². The molecule has 1 unspecified atom stereocenters. The maximum atomic E-state index is 11.7. The molecule has 4 nitrogen and oxygen atoms in total. The van der Waals surface area contributed by atoms with E-state index in [2.05, 4.69) is 30.5 Å². The van der Waals surface area contributed by atoms with Gasteiger partial charge in [0.15, 0.2) is 6.61 Å². The van der Waals surface area contributed by atoms with E-state index in [0.29, 0.717) is 6.04 Å². The van der Waals surface area contributed by atoms with Crippen LogP contribution in [0.4, 0.5) is 0 Å². The molecule has 0 heterocycles. The molecule has 21 heavy (non-hydrogen) atoms. The van der Waals surface area contributed by atoms with Gasteiger partial charge in [-0.15, -0.1) is 0 Å². The van der Waals surface area contributed by atoms with Crippen LogP contribution in [-0.2, 0) is 11.2 Å². The summed E-state index contributed by atoms with van der Waals surface area (Å²) in [5, 5.41) is 6.37. The van der Waals surface area contributed by atoms with Crippen molar-refractivity contribution in [1.29, 1.82) is 0 Å². The van der Waals surface area contributed by atoms with Crippen molar-refractivity contribution in [3.05, 3.63) is 29.3 Å². The Kier molecular flexibility index (Phi) is 6.05. The number of amides is 1. The number of rotatable bonds is 8. The van der Waals surface area contributed by atoms with E-state index < -0.39 is 0 Å². The summed E-state index contributed by atoms with van der Waals surface area (Å²) >= 11 is 0. The lowest BCUT2D eigenvalue weighted by atomic mass is 10.1. The third kappa shape index (κ3) is 4.21.